The first-order chi connectivity index (χ1) is 26.4. The van der Waals surface area contributed by atoms with Gasteiger partial charge >= 0.3 is 10.8 Å². The van der Waals surface area contributed by atoms with E-state index < -0.39 is 33.7 Å². The zero-order chi connectivity index (χ0) is 38.8. The maximum atomic E-state index is 14.2. The lowest BCUT2D eigenvalue weighted by Crippen LogP contribution is -2.42. The summed E-state index contributed by atoms with van der Waals surface area (Å²) in [6, 6.07) is 17.2. The molecule has 8 rings (SSSR count). The number of H-pyrrole nitrogens is 1. The van der Waals surface area contributed by atoms with Crippen molar-refractivity contribution in [3.05, 3.63) is 92.4 Å². The van der Waals surface area contributed by atoms with E-state index in [0.717, 1.165) is 26.8 Å². The van der Waals surface area contributed by atoms with E-state index in [1.807, 2.05) is 19.1 Å². The molecule has 6 unspecified atom stereocenters. The van der Waals surface area contributed by atoms with Gasteiger partial charge in [-0.25, -0.2) is 18.4 Å². The summed E-state index contributed by atoms with van der Waals surface area (Å²) in [5.74, 6) is -2.31. The molecule has 1 aromatic heterocycles. The number of imide groups is 1. The Labute approximate surface area is 323 Å². The number of sulfonamides is 1. The molecule has 3 aromatic carbocycles. The van der Waals surface area contributed by atoms with Crippen LogP contribution in [0.5, 0.6) is 11.5 Å². The number of primary sulfonamides is 1. The Morgan fingerprint density at radius 1 is 0.909 bits per heavy atom. The predicted octanol–water partition coefficient (Wildman–Crippen LogP) is 4.35. The Morgan fingerprint density at radius 3 is 2.29 bits per heavy atom. The molecule has 1 saturated heterocycles. The number of hydrogen-bond donors (Lipinski definition) is 3. The third-order valence-electron chi connectivity index (χ3n) is 10.8. The van der Waals surface area contributed by atoms with Gasteiger partial charge < -0.3 is 24.5 Å². The summed E-state index contributed by atoms with van der Waals surface area (Å²) in [4.78, 5) is 71.0. The molecular weight excluding hydrogens is 769 g/mol. The molecule has 2 aliphatic carbocycles. The van der Waals surface area contributed by atoms with Gasteiger partial charge in [0.1, 0.15) is 0 Å². The molecule has 2 bridgehead atoms. The van der Waals surface area contributed by atoms with Gasteiger partial charge in [-0.3, -0.25) is 24.1 Å². The number of nitrogens with one attached hydrogen (secondary N) is 2. The maximum Gasteiger partial charge on any atom is 0.338 e. The summed E-state index contributed by atoms with van der Waals surface area (Å²) in [5, 5.41) is 8.54. The Hall–Kier alpha value is -4.97. The van der Waals surface area contributed by atoms with Crippen molar-refractivity contribution in [2.24, 2.45) is 34.7 Å². The molecule has 286 valence electrons. The third kappa shape index (κ3) is 6.51. The monoisotopic (exact) mass is 804 g/mol. The van der Waals surface area contributed by atoms with E-state index in [0.29, 0.717) is 41.5 Å². The average Bonchev–Trinajstić information content (AvgIpc) is 3.90. The molecule has 0 radical (unpaired) electrons. The van der Waals surface area contributed by atoms with Crippen molar-refractivity contribution in [3.8, 4) is 11.5 Å². The molecular formula is C38H36N4O10S3. The molecule has 0 spiro atoms. The van der Waals surface area contributed by atoms with Gasteiger partial charge in [0.15, 0.2) is 18.1 Å². The molecule has 55 heavy (non-hydrogen) atoms. The Kier molecular flexibility index (Phi) is 9.59. The number of carbonyl (C=O) groups is 4. The fourth-order valence-electron chi connectivity index (χ4n) is 8.78. The number of esters is 1. The number of anilines is 2. The van der Waals surface area contributed by atoms with Crippen LogP contribution in [0.25, 0.3) is 0 Å². The van der Waals surface area contributed by atoms with Crippen LogP contribution in [0.4, 0.5) is 11.4 Å². The molecule has 4 aliphatic rings. The van der Waals surface area contributed by atoms with Crippen molar-refractivity contribution < 1.29 is 41.8 Å². The second-order valence-corrected chi connectivity index (χ2v) is 17.5. The SMILES string of the molecule is CCOC(=O)c1ccc(N2C(=O)C3C4CC(C3C2=O)C2C4Sc3[nH]c(=O)sc3[C@@H]2c2ccc(OCC(=O)Nc3ccc(S(N)(=O)=O)cc3)c(OCC)c2)cc1. The number of rotatable bonds is 11. The van der Waals surface area contributed by atoms with Crippen LogP contribution >= 0.6 is 23.1 Å². The molecule has 4 N–H and O–H groups in total. The molecule has 17 heteroatoms. The zero-order valence-electron chi connectivity index (χ0n) is 29.6. The van der Waals surface area contributed by atoms with E-state index in [1.54, 1.807) is 49.0 Å². The number of hydrogen-bond acceptors (Lipinski definition) is 12. The largest absolute Gasteiger partial charge is 0.490 e. The number of benzene rings is 3. The Balaban J connectivity index is 1.05. The molecule has 4 aromatic rings. The molecule has 3 amide bonds. The lowest BCUT2D eigenvalue weighted by atomic mass is 9.68. The summed E-state index contributed by atoms with van der Waals surface area (Å²) in [7, 11) is -3.88. The number of amides is 3. The van der Waals surface area contributed by atoms with Crippen molar-refractivity contribution in [2.75, 3.05) is 30.0 Å². The number of thiazole rings is 1. The summed E-state index contributed by atoms with van der Waals surface area (Å²) < 4.78 is 40.1. The highest BCUT2D eigenvalue weighted by atomic mass is 32.2. The average molecular weight is 805 g/mol. The number of aromatic nitrogens is 1. The fraction of sp³-hybridized carbons (Fsp3) is 0.342. The van der Waals surface area contributed by atoms with Gasteiger partial charge in [0.05, 0.1) is 46.2 Å². The molecule has 7 atom stereocenters. The highest BCUT2D eigenvalue weighted by Crippen LogP contribution is 2.68. The van der Waals surface area contributed by atoms with Crippen LogP contribution in [0, 0.1) is 29.6 Å². The predicted molar refractivity (Wildman–Crippen MR) is 203 cm³/mol. The van der Waals surface area contributed by atoms with Crippen molar-refractivity contribution in [1.29, 1.82) is 0 Å². The van der Waals surface area contributed by atoms with E-state index in [2.05, 4.69) is 10.3 Å². The Bertz CT molecular complexity index is 2380. The van der Waals surface area contributed by atoms with Crippen molar-refractivity contribution in [2.45, 2.75) is 41.4 Å². The second-order valence-electron chi connectivity index (χ2n) is 13.8. The maximum absolute atomic E-state index is 14.2. The van der Waals surface area contributed by atoms with Crippen molar-refractivity contribution in [3.63, 3.8) is 0 Å². The summed E-state index contributed by atoms with van der Waals surface area (Å²) in [6.07, 6.45) is 0.708. The van der Waals surface area contributed by atoms with Gasteiger partial charge in [-0.05, 0) is 104 Å². The number of ether oxygens (including phenoxy) is 3. The van der Waals surface area contributed by atoms with Crippen molar-refractivity contribution >= 4 is 68.2 Å². The quantitative estimate of drug-likeness (QED) is 0.144. The van der Waals surface area contributed by atoms with Crippen LogP contribution in [0.2, 0.25) is 0 Å². The lowest BCUT2D eigenvalue weighted by Gasteiger charge is -2.43. The van der Waals surface area contributed by atoms with Gasteiger partial charge in [-0.1, -0.05) is 17.4 Å². The molecule has 2 aliphatic heterocycles. The van der Waals surface area contributed by atoms with Gasteiger partial charge in [0.25, 0.3) is 5.91 Å². The van der Waals surface area contributed by atoms with Gasteiger partial charge in [0, 0.05) is 21.7 Å². The molecule has 3 heterocycles. The topological polar surface area (TPSA) is 204 Å². The highest BCUT2D eigenvalue weighted by Gasteiger charge is 2.69. The van der Waals surface area contributed by atoms with E-state index in [-0.39, 0.29) is 63.7 Å². The minimum Gasteiger partial charge on any atom is -0.490 e. The minimum atomic E-state index is -3.88. The van der Waals surface area contributed by atoms with Gasteiger partial charge in [-0.2, -0.15) is 0 Å². The molecule has 2 saturated carbocycles. The van der Waals surface area contributed by atoms with E-state index in [1.165, 1.54) is 29.2 Å². The molecule has 3 fully saturated rings. The number of nitrogens with two attached hydrogens (primary N) is 1. The number of nitrogens with zero attached hydrogens (tertiary/aromatic N) is 1. The normalized spacial score (nSPS) is 24.9. The van der Waals surface area contributed by atoms with Crippen LogP contribution in [0.1, 0.15) is 47.0 Å². The molecule has 14 nitrogen and oxygen atoms in total. The van der Waals surface area contributed by atoms with Gasteiger partial charge in [0.2, 0.25) is 21.8 Å². The van der Waals surface area contributed by atoms with Crippen LogP contribution in [-0.4, -0.2) is 62.2 Å². The number of carbonyl (C=O) groups excluding carboxylic acids is 4. The Morgan fingerprint density at radius 2 is 1.62 bits per heavy atom. The summed E-state index contributed by atoms with van der Waals surface area (Å²) in [6.45, 7) is 3.71. The van der Waals surface area contributed by atoms with E-state index in [4.69, 9.17) is 19.3 Å². The first kappa shape index (κ1) is 37.0. The van der Waals surface area contributed by atoms with Crippen LogP contribution in [0.15, 0.2) is 81.4 Å². The first-order valence-corrected chi connectivity index (χ1v) is 21.0. The van der Waals surface area contributed by atoms with Crippen LogP contribution in [-0.2, 0) is 29.1 Å². The fourth-order valence-corrected chi connectivity index (χ4v) is 12.2. The first-order valence-electron chi connectivity index (χ1n) is 17.7. The second kappa shape index (κ2) is 14.3. The van der Waals surface area contributed by atoms with E-state index >= 15 is 0 Å². The number of thioether (sulfide) groups is 1. The summed E-state index contributed by atoms with van der Waals surface area (Å²) >= 11 is 2.73. The number of aromatic amines is 1. The van der Waals surface area contributed by atoms with E-state index in [9.17, 15) is 32.4 Å². The number of fused-ring (bicyclic) bond motifs is 9. The van der Waals surface area contributed by atoms with Crippen LogP contribution < -0.4 is 29.7 Å². The van der Waals surface area contributed by atoms with Crippen molar-refractivity contribution in [1.82, 2.24) is 4.98 Å². The van der Waals surface area contributed by atoms with Gasteiger partial charge in [-0.15, -0.1) is 11.8 Å². The standard InChI is InChI=1S/C38H36N4O10S3/c1-3-50-26-15-19(7-14-25(26)52-17-27(43)40-20-8-12-22(13-9-20)55(39,48)49)28-29-23-16-24(32(29)53-34-33(28)54-38(47)41-34)31-30(23)35(44)42(36(31)45)21-10-5-18(6-11-21)37(46)51-4-2/h5-15,23-24,28-32H,3-4,16-17H2,1-2H3,(H,40,43)(H,41,47)(H2,39,48,49)/t23?,24?,28-,29?,30?,31?,32?/m1/s1. The minimum absolute atomic E-state index is 0.0360. The lowest BCUT2D eigenvalue weighted by molar-refractivity contribution is -0.123. The smallest absolute Gasteiger partial charge is 0.338 e. The third-order valence-corrected chi connectivity index (χ3v) is 14.3. The summed E-state index contributed by atoms with van der Waals surface area (Å²) in [5.41, 5.74) is 1.96. The zero-order valence-corrected chi connectivity index (χ0v) is 32.0. The highest BCUT2D eigenvalue weighted by molar-refractivity contribution is 8.00. The van der Waals surface area contributed by atoms with Crippen LogP contribution in [0.3, 0.4) is 0 Å².